The van der Waals surface area contributed by atoms with Crippen molar-refractivity contribution in [2.24, 2.45) is 5.73 Å². The van der Waals surface area contributed by atoms with E-state index in [0.29, 0.717) is 13.2 Å². The fourth-order valence-electron chi connectivity index (χ4n) is 1.42. The topological polar surface area (TPSA) is 48.1 Å². The normalized spacial score (nSPS) is 14.6. The van der Waals surface area contributed by atoms with Crippen molar-refractivity contribution in [2.75, 3.05) is 13.2 Å². The number of pyridine rings is 1. The molecule has 18 heavy (non-hydrogen) atoms. The molecule has 102 valence electrons. The van der Waals surface area contributed by atoms with Crippen LogP contribution < -0.4 is 5.73 Å². The molecule has 0 saturated heterocycles. The molecule has 0 fully saturated rings. The SMILES string of the molecule is CC(C)(C)[Si](C)(C)OCC(CN)c1ccccn1. The average molecular weight is 266 g/mol. The smallest absolute Gasteiger partial charge is 0.192 e. The maximum Gasteiger partial charge on any atom is 0.192 e. The zero-order chi connectivity index (χ0) is 13.8. The molecule has 0 aliphatic rings. The highest BCUT2D eigenvalue weighted by Crippen LogP contribution is 2.37. The van der Waals surface area contributed by atoms with E-state index in [1.165, 1.54) is 0 Å². The van der Waals surface area contributed by atoms with E-state index in [9.17, 15) is 0 Å². The van der Waals surface area contributed by atoms with Crippen molar-refractivity contribution in [1.29, 1.82) is 0 Å². The maximum atomic E-state index is 6.22. The summed E-state index contributed by atoms with van der Waals surface area (Å²) in [5.41, 5.74) is 6.87. The molecule has 0 aliphatic carbocycles. The molecule has 0 radical (unpaired) electrons. The number of nitrogens with zero attached hydrogens (tertiary/aromatic N) is 1. The van der Waals surface area contributed by atoms with Gasteiger partial charge < -0.3 is 10.2 Å². The van der Waals surface area contributed by atoms with Gasteiger partial charge in [0.25, 0.3) is 0 Å². The van der Waals surface area contributed by atoms with Gasteiger partial charge in [0.2, 0.25) is 0 Å². The largest absolute Gasteiger partial charge is 0.416 e. The van der Waals surface area contributed by atoms with Gasteiger partial charge in [-0.05, 0) is 30.3 Å². The van der Waals surface area contributed by atoms with Crippen molar-refractivity contribution in [3.8, 4) is 0 Å². The van der Waals surface area contributed by atoms with Gasteiger partial charge in [0.1, 0.15) is 0 Å². The first kappa shape index (κ1) is 15.3. The zero-order valence-corrected chi connectivity index (χ0v) is 13.2. The average Bonchev–Trinajstić information content (AvgIpc) is 2.29. The molecule has 1 aromatic heterocycles. The predicted molar refractivity (Wildman–Crippen MR) is 79.2 cm³/mol. The Morgan fingerprint density at radius 1 is 1.33 bits per heavy atom. The van der Waals surface area contributed by atoms with Gasteiger partial charge >= 0.3 is 0 Å². The van der Waals surface area contributed by atoms with Gasteiger partial charge in [0, 0.05) is 31.0 Å². The standard InChI is InChI=1S/C14H26N2OSi/c1-14(2,3)18(4,5)17-11-12(10-15)13-8-6-7-9-16-13/h6-9,12H,10-11,15H2,1-5H3. The summed E-state index contributed by atoms with van der Waals surface area (Å²) < 4.78 is 6.22. The van der Waals surface area contributed by atoms with Gasteiger partial charge in [-0.15, -0.1) is 0 Å². The summed E-state index contributed by atoms with van der Waals surface area (Å²) in [6, 6.07) is 5.94. The summed E-state index contributed by atoms with van der Waals surface area (Å²) in [7, 11) is -1.70. The summed E-state index contributed by atoms with van der Waals surface area (Å²) >= 11 is 0. The first-order valence-electron chi connectivity index (χ1n) is 6.53. The second kappa shape index (κ2) is 5.95. The first-order chi connectivity index (χ1) is 8.28. The van der Waals surface area contributed by atoms with Crippen LogP contribution in [0.5, 0.6) is 0 Å². The highest BCUT2D eigenvalue weighted by molar-refractivity contribution is 6.74. The predicted octanol–water partition coefficient (Wildman–Crippen LogP) is 3.15. The van der Waals surface area contributed by atoms with E-state index >= 15 is 0 Å². The van der Waals surface area contributed by atoms with Crippen LogP contribution in [-0.2, 0) is 4.43 Å². The van der Waals surface area contributed by atoms with E-state index in [2.05, 4.69) is 38.8 Å². The van der Waals surface area contributed by atoms with Gasteiger partial charge in [0.15, 0.2) is 8.32 Å². The summed E-state index contributed by atoms with van der Waals surface area (Å²) in [4.78, 5) is 4.37. The second-order valence-corrected chi connectivity index (χ2v) is 11.1. The Kier molecular flexibility index (Phi) is 5.07. The van der Waals surface area contributed by atoms with Gasteiger partial charge in [0.05, 0.1) is 0 Å². The van der Waals surface area contributed by atoms with Crippen molar-refractivity contribution < 1.29 is 4.43 Å². The molecule has 0 bridgehead atoms. The van der Waals surface area contributed by atoms with Crippen molar-refractivity contribution in [3.05, 3.63) is 30.1 Å². The minimum atomic E-state index is -1.70. The maximum absolute atomic E-state index is 6.22. The van der Waals surface area contributed by atoms with Crippen LogP contribution >= 0.6 is 0 Å². The number of nitrogens with two attached hydrogens (primary N) is 1. The Labute approximate surface area is 112 Å². The highest BCUT2D eigenvalue weighted by atomic mass is 28.4. The molecule has 2 N–H and O–H groups in total. The second-order valence-electron chi connectivity index (χ2n) is 6.26. The lowest BCUT2D eigenvalue weighted by molar-refractivity contribution is 0.262. The molecular weight excluding hydrogens is 240 g/mol. The van der Waals surface area contributed by atoms with E-state index in [1.54, 1.807) is 0 Å². The zero-order valence-electron chi connectivity index (χ0n) is 12.2. The number of rotatable bonds is 5. The third-order valence-corrected chi connectivity index (χ3v) is 8.34. The van der Waals surface area contributed by atoms with Crippen LogP contribution in [0.4, 0.5) is 0 Å². The molecule has 0 saturated carbocycles. The fraction of sp³-hybridized carbons (Fsp3) is 0.643. The minimum Gasteiger partial charge on any atom is -0.416 e. The van der Waals surface area contributed by atoms with Crippen molar-refractivity contribution in [2.45, 2.75) is 44.8 Å². The van der Waals surface area contributed by atoms with Gasteiger partial charge in [-0.2, -0.15) is 0 Å². The summed E-state index contributed by atoms with van der Waals surface area (Å²) in [5, 5.41) is 0.232. The quantitative estimate of drug-likeness (QED) is 0.833. The van der Waals surface area contributed by atoms with Crippen LogP contribution in [0.25, 0.3) is 0 Å². The van der Waals surface area contributed by atoms with Gasteiger partial charge in [-0.25, -0.2) is 0 Å². The highest BCUT2D eigenvalue weighted by Gasteiger charge is 2.37. The van der Waals surface area contributed by atoms with Gasteiger partial charge in [-0.1, -0.05) is 26.8 Å². The molecule has 3 nitrogen and oxygen atoms in total. The first-order valence-corrected chi connectivity index (χ1v) is 9.43. The number of hydrogen-bond donors (Lipinski definition) is 1. The summed E-state index contributed by atoms with van der Waals surface area (Å²) in [5.74, 6) is 0.195. The Morgan fingerprint density at radius 2 is 2.00 bits per heavy atom. The van der Waals surface area contributed by atoms with Crippen LogP contribution in [0.15, 0.2) is 24.4 Å². The monoisotopic (exact) mass is 266 g/mol. The molecule has 1 rings (SSSR count). The lowest BCUT2D eigenvalue weighted by Crippen LogP contribution is -2.42. The lowest BCUT2D eigenvalue weighted by Gasteiger charge is -2.37. The van der Waals surface area contributed by atoms with E-state index in [-0.39, 0.29) is 11.0 Å². The molecule has 1 atom stereocenters. The van der Waals surface area contributed by atoms with E-state index in [4.69, 9.17) is 10.2 Å². The van der Waals surface area contributed by atoms with E-state index < -0.39 is 8.32 Å². The van der Waals surface area contributed by atoms with Crippen molar-refractivity contribution >= 4 is 8.32 Å². The number of hydrogen-bond acceptors (Lipinski definition) is 3. The van der Waals surface area contributed by atoms with Crippen molar-refractivity contribution in [1.82, 2.24) is 4.98 Å². The van der Waals surface area contributed by atoms with Crippen LogP contribution in [0.1, 0.15) is 32.4 Å². The summed E-state index contributed by atoms with van der Waals surface area (Å²) in [6.07, 6.45) is 1.81. The molecular formula is C14H26N2OSi. The molecule has 1 aromatic rings. The Balaban J connectivity index is 2.67. The van der Waals surface area contributed by atoms with Crippen LogP contribution in [-0.4, -0.2) is 26.5 Å². The van der Waals surface area contributed by atoms with Gasteiger partial charge in [-0.3, -0.25) is 4.98 Å². The minimum absolute atomic E-state index is 0.195. The molecule has 0 spiro atoms. The Hall–Kier alpha value is -0.713. The van der Waals surface area contributed by atoms with E-state index in [0.717, 1.165) is 5.69 Å². The molecule has 0 aromatic carbocycles. The van der Waals surface area contributed by atoms with E-state index in [1.807, 2.05) is 24.4 Å². The molecule has 4 heteroatoms. The Morgan fingerprint density at radius 3 is 2.44 bits per heavy atom. The molecule has 1 unspecified atom stereocenters. The van der Waals surface area contributed by atoms with Crippen LogP contribution in [0.2, 0.25) is 18.1 Å². The Bertz CT molecular complexity index is 360. The molecule has 0 amide bonds. The molecule has 1 heterocycles. The third-order valence-electron chi connectivity index (χ3n) is 3.84. The number of aromatic nitrogens is 1. The third kappa shape index (κ3) is 3.90. The lowest BCUT2D eigenvalue weighted by atomic mass is 10.1. The summed E-state index contributed by atoms with van der Waals surface area (Å²) in [6.45, 7) is 12.5. The fourth-order valence-corrected chi connectivity index (χ4v) is 2.47. The van der Waals surface area contributed by atoms with Crippen LogP contribution in [0, 0.1) is 0 Å². The molecule has 0 aliphatic heterocycles. The van der Waals surface area contributed by atoms with Crippen LogP contribution in [0.3, 0.4) is 0 Å². The van der Waals surface area contributed by atoms with Crippen molar-refractivity contribution in [3.63, 3.8) is 0 Å².